The van der Waals surface area contributed by atoms with Gasteiger partial charge < -0.3 is 10.3 Å². The van der Waals surface area contributed by atoms with Crippen LogP contribution in [0.15, 0.2) is 22.7 Å². The molecule has 0 saturated heterocycles. The van der Waals surface area contributed by atoms with E-state index in [1.807, 2.05) is 13.8 Å². The first-order valence-corrected chi connectivity index (χ1v) is 5.97. The molecular formula is C12H12Cl2N2O. The van der Waals surface area contributed by atoms with Gasteiger partial charge in [0.05, 0.1) is 15.6 Å². The predicted molar refractivity (Wildman–Crippen MR) is 70.5 cm³/mol. The van der Waals surface area contributed by atoms with E-state index in [0.29, 0.717) is 27.2 Å². The smallest absolute Gasteiger partial charge is 0.175 e. The van der Waals surface area contributed by atoms with Gasteiger partial charge in [0.25, 0.3) is 0 Å². The lowest BCUT2D eigenvalue weighted by molar-refractivity contribution is 0.434. The van der Waals surface area contributed by atoms with Gasteiger partial charge in [0.15, 0.2) is 11.6 Å². The number of aromatic nitrogens is 1. The molecule has 90 valence electrons. The maximum atomic E-state index is 6.14. The molecule has 2 rings (SSSR count). The Hall–Kier alpha value is -1.19. The van der Waals surface area contributed by atoms with E-state index < -0.39 is 0 Å². The van der Waals surface area contributed by atoms with Crippen LogP contribution in [0.2, 0.25) is 10.0 Å². The molecule has 1 aromatic heterocycles. The normalized spacial score (nSPS) is 11.1. The number of hydrogen-bond donors (Lipinski definition) is 1. The second-order valence-corrected chi connectivity index (χ2v) is 4.88. The van der Waals surface area contributed by atoms with Crippen LogP contribution in [0.25, 0.3) is 11.3 Å². The average molecular weight is 271 g/mol. The number of nitrogen functional groups attached to an aromatic ring is 1. The minimum Gasteiger partial charge on any atom is -0.381 e. The van der Waals surface area contributed by atoms with Crippen LogP contribution >= 0.6 is 23.2 Å². The molecule has 5 heteroatoms. The van der Waals surface area contributed by atoms with Crippen molar-refractivity contribution in [3.63, 3.8) is 0 Å². The molecule has 0 bridgehead atoms. The molecule has 0 saturated carbocycles. The first kappa shape index (κ1) is 12.3. The molecule has 2 N–H and O–H groups in total. The molecule has 0 amide bonds. The van der Waals surface area contributed by atoms with Crippen molar-refractivity contribution in [1.29, 1.82) is 0 Å². The highest BCUT2D eigenvalue weighted by atomic mass is 35.5. The summed E-state index contributed by atoms with van der Waals surface area (Å²) in [6.45, 7) is 4.02. The largest absolute Gasteiger partial charge is 0.381 e. The molecule has 0 aliphatic rings. The summed E-state index contributed by atoms with van der Waals surface area (Å²) in [5, 5.41) is 4.83. The summed E-state index contributed by atoms with van der Waals surface area (Å²) in [4.78, 5) is 0. The third-order valence-electron chi connectivity index (χ3n) is 2.52. The first-order valence-electron chi connectivity index (χ1n) is 5.21. The molecule has 3 nitrogen and oxygen atoms in total. The van der Waals surface area contributed by atoms with Gasteiger partial charge in [0.1, 0.15) is 0 Å². The zero-order chi connectivity index (χ0) is 12.6. The van der Waals surface area contributed by atoms with Gasteiger partial charge in [0.2, 0.25) is 0 Å². The van der Waals surface area contributed by atoms with Crippen LogP contribution in [0.1, 0.15) is 25.3 Å². The number of nitrogens with two attached hydrogens (primary N) is 1. The van der Waals surface area contributed by atoms with E-state index in [4.69, 9.17) is 33.5 Å². The minimum absolute atomic E-state index is 0.184. The summed E-state index contributed by atoms with van der Waals surface area (Å²) in [5.74, 6) is 1.11. The van der Waals surface area contributed by atoms with Gasteiger partial charge in [-0.25, -0.2) is 0 Å². The summed E-state index contributed by atoms with van der Waals surface area (Å²) >= 11 is 12.3. The Kier molecular flexibility index (Phi) is 3.31. The number of halogens is 2. The Morgan fingerprint density at radius 1 is 1.24 bits per heavy atom. The number of benzene rings is 1. The molecule has 0 radical (unpaired) electrons. The van der Waals surface area contributed by atoms with Crippen LogP contribution in [-0.4, -0.2) is 5.16 Å². The van der Waals surface area contributed by atoms with E-state index in [1.165, 1.54) is 0 Å². The number of hydrogen-bond acceptors (Lipinski definition) is 3. The SMILES string of the molecule is CC(C)c1c(N)noc1-c1c(Cl)cccc1Cl. The van der Waals surface area contributed by atoms with Crippen molar-refractivity contribution in [2.24, 2.45) is 0 Å². The lowest BCUT2D eigenvalue weighted by Crippen LogP contribution is -1.95. The van der Waals surface area contributed by atoms with Crippen molar-refractivity contribution in [3.05, 3.63) is 33.8 Å². The standard InChI is InChI=1S/C12H12Cl2N2O/c1-6(2)9-11(17-16-12(9)15)10-7(13)4-3-5-8(10)14/h3-6H,1-2H3,(H2,15,16). The van der Waals surface area contributed by atoms with E-state index >= 15 is 0 Å². The molecule has 2 aromatic rings. The van der Waals surface area contributed by atoms with Crippen molar-refractivity contribution in [3.8, 4) is 11.3 Å². The monoisotopic (exact) mass is 270 g/mol. The molecule has 1 aromatic carbocycles. The topological polar surface area (TPSA) is 52.0 Å². The molecule has 0 atom stereocenters. The maximum Gasteiger partial charge on any atom is 0.175 e. The summed E-state index contributed by atoms with van der Waals surface area (Å²) in [6.07, 6.45) is 0. The molecule has 0 aliphatic heterocycles. The van der Waals surface area contributed by atoms with Crippen LogP contribution in [-0.2, 0) is 0 Å². The predicted octanol–water partition coefficient (Wildman–Crippen LogP) is 4.35. The Morgan fingerprint density at radius 2 is 1.82 bits per heavy atom. The fourth-order valence-corrected chi connectivity index (χ4v) is 2.33. The highest BCUT2D eigenvalue weighted by molar-refractivity contribution is 6.39. The van der Waals surface area contributed by atoms with Gasteiger partial charge in [-0.2, -0.15) is 0 Å². The van der Waals surface area contributed by atoms with Gasteiger partial charge in [-0.1, -0.05) is 48.3 Å². The first-order chi connectivity index (χ1) is 8.02. The second kappa shape index (κ2) is 4.59. The van der Waals surface area contributed by atoms with E-state index in [2.05, 4.69) is 5.16 Å². The average Bonchev–Trinajstić information content (AvgIpc) is 2.60. The second-order valence-electron chi connectivity index (χ2n) is 4.06. The zero-order valence-corrected chi connectivity index (χ0v) is 11.0. The van der Waals surface area contributed by atoms with Crippen molar-refractivity contribution in [1.82, 2.24) is 5.16 Å². The van der Waals surface area contributed by atoms with Crippen molar-refractivity contribution in [2.45, 2.75) is 19.8 Å². The molecule has 0 unspecified atom stereocenters. The van der Waals surface area contributed by atoms with Crippen molar-refractivity contribution >= 4 is 29.0 Å². The van der Waals surface area contributed by atoms with Gasteiger partial charge in [-0.05, 0) is 18.1 Å². The van der Waals surface area contributed by atoms with Gasteiger partial charge in [-0.3, -0.25) is 0 Å². The number of rotatable bonds is 2. The number of nitrogens with zero attached hydrogens (tertiary/aromatic N) is 1. The van der Waals surface area contributed by atoms with Gasteiger partial charge in [-0.15, -0.1) is 0 Å². The Bertz CT molecular complexity index is 529. The van der Waals surface area contributed by atoms with Crippen LogP contribution < -0.4 is 5.73 Å². The summed E-state index contributed by atoms with van der Waals surface area (Å²) < 4.78 is 5.26. The minimum atomic E-state index is 0.184. The molecular weight excluding hydrogens is 259 g/mol. The van der Waals surface area contributed by atoms with Crippen molar-refractivity contribution in [2.75, 3.05) is 5.73 Å². The Labute approximate surface area is 109 Å². The van der Waals surface area contributed by atoms with E-state index in [9.17, 15) is 0 Å². The molecule has 17 heavy (non-hydrogen) atoms. The molecule has 0 spiro atoms. The third-order valence-corrected chi connectivity index (χ3v) is 3.15. The Morgan fingerprint density at radius 3 is 2.35 bits per heavy atom. The molecule has 0 fully saturated rings. The van der Waals surface area contributed by atoms with E-state index in [0.717, 1.165) is 5.56 Å². The van der Waals surface area contributed by atoms with Crippen LogP contribution in [0.3, 0.4) is 0 Å². The molecule has 1 heterocycles. The Balaban J connectivity index is 2.69. The highest BCUT2D eigenvalue weighted by Gasteiger charge is 2.22. The summed E-state index contributed by atoms with van der Waals surface area (Å²) in [7, 11) is 0. The van der Waals surface area contributed by atoms with Crippen molar-refractivity contribution < 1.29 is 4.52 Å². The summed E-state index contributed by atoms with van der Waals surface area (Å²) in [5.41, 5.74) is 7.26. The summed E-state index contributed by atoms with van der Waals surface area (Å²) in [6, 6.07) is 5.29. The zero-order valence-electron chi connectivity index (χ0n) is 9.50. The molecule has 0 aliphatic carbocycles. The lowest BCUT2D eigenvalue weighted by Gasteiger charge is -2.08. The van der Waals surface area contributed by atoms with Crippen LogP contribution in [0.4, 0.5) is 5.82 Å². The third kappa shape index (κ3) is 2.13. The fraction of sp³-hybridized carbons (Fsp3) is 0.250. The van der Waals surface area contributed by atoms with Crippen LogP contribution in [0, 0.1) is 0 Å². The lowest BCUT2D eigenvalue weighted by atomic mass is 9.99. The maximum absolute atomic E-state index is 6.14. The quantitative estimate of drug-likeness (QED) is 0.883. The van der Waals surface area contributed by atoms with E-state index in [-0.39, 0.29) is 5.92 Å². The van der Waals surface area contributed by atoms with E-state index in [1.54, 1.807) is 18.2 Å². The fourth-order valence-electron chi connectivity index (χ4n) is 1.76. The van der Waals surface area contributed by atoms with Gasteiger partial charge in [0, 0.05) is 5.56 Å². The van der Waals surface area contributed by atoms with Crippen LogP contribution in [0.5, 0.6) is 0 Å². The van der Waals surface area contributed by atoms with Gasteiger partial charge >= 0.3 is 0 Å². The highest BCUT2D eigenvalue weighted by Crippen LogP contribution is 2.40. The number of anilines is 1.